The van der Waals surface area contributed by atoms with E-state index in [1.54, 1.807) is 7.11 Å². The fraction of sp³-hybridized carbons (Fsp3) is 0.238. The quantitative estimate of drug-likeness (QED) is 0.672. The van der Waals surface area contributed by atoms with Crippen LogP contribution in [0.4, 0.5) is 17.5 Å². The highest BCUT2D eigenvalue weighted by Crippen LogP contribution is 2.22. The molecule has 2 N–H and O–H groups in total. The van der Waals surface area contributed by atoms with Gasteiger partial charge in [-0.15, -0.1) is 0 Å². The summed E-state index contributed by atoms with van der Waals surface area (Å²) in [6, 6.07) is 16.2. The molecule has 2 aromatic carbocycles. The standard InChI is InChI=1S/C21H24N4O/c1-14-5-6-15(2)19(11-14)24-20-12-16(3)23-21(25-20)22-13-17-7-9-18(26-4)10-8-17/h5-12H,13H2,1-4H3,(H2,22,23,24,25). The molecule has 0 fully saturated rings. The number of nitrogens with one attached hydrogen (secondary N) is 2. The van der Waals surface area contributed by atoms with Crippen molar-refractivity contribution in [3.8, 4) is 5.75 Å². The van der Waals surface area contributed by atoms with Crippen LogP contribution in [0.3, 0.4) is 0 Å². The molecule has 0 unspecified atom stereocenters. The summed E-state index contributed by atoms with van der Waals surface area (Å²) in [5, 5.41) is 6.69. The molecule has 0 atom stereocenters. The summed E-state index contributed by atoms with van der Waals surface area (Å²) < 4.78 is 5.18. The molecule has 0 radical (unpaired) electrons. The Kier molecular flexibility index (Phi) is 5.37. The lowest BCUT2D eigenvalue weighted by atomic mass is 10.1. The van der Waals surface area contributed by atoms with Crippen LogP contribution in [0.1, 0.15) is 22.4 Å². The minimum Gasteiger partial charge on any atom is -0.497 e. The van der Waals surface area contributed by atoms with Crippen molar-refractivity contribution in [2.75, 3.05) is 17.7 Å². The lowest BCUT2D eigenvalue weighted by Crippen LogP contribution is -2.06. The maximum atomic E-state index is 5.18. The van der Waals surface area contributed by atoms with Crippen molar-refractivity contribution < 1.29 is 4.74 Å². The molecule has 3 aromatic rings. The highest BCUT2D eigenvalue weighted by atomic mass is 16.5. The van der Waals surface area contributed by atoms with Crippen molar-refractivity contribution in [2.24, 2.45) is 0 Å². The molecule has 0 aliphatic heterocycles. The number of hydrogen-bond acceptors (Lipinski definition) is 5. The number of hydrogen-bond donors (Lipinski definition) is 2. The van der Waals surface area contributed by atoms with Crippen LogP contribution in [-0.2, 0) is 6.54 Å². The molecular formula is C21H24N4O. The second-order valence-corrected chi connectivity index (χ2v) is 6.36. The first-order chi connectivity index (χ1) is 12.5. The maximum absolute atomic E-state index is 5.18. The van der Waals surface area contributed by atoms with Gasteiger partial charge in [0.2, 0.25) is 5.95 Å². The smallest absolute Gasteiger partial charge is 0.225 e. The monoisotopic (exact) mass is 348 g/mol. The van der Waals surface area contributed by atoms with Gasteiger partial charge in [0.05, 0.1) is 7.11 Å². The molecule has 0 amide bonds. The van der Waals surface area contributed by atoms with Crippen LogP contribution in [0.2, 0.25) is 0 Å². The van der Waals surface area contributed by atoms with Gasteiger partial charge in [0.15, 0.2) is 0 Å². The van der Waals surface area contributed by atoms with Crippen LogP contribution in [-0.4, -0.2) is 17.1 Å². The van der Waals surface area contributed by atoms with Crippen molar-refractivity contribution in [2.45, 2.75) is 27.3 Å². The van der Waals surface area contributed by atoms with E-state index in [0.717, 1.165) is 28.5 Å². The first kappa shape index (κ1) is 17.7. The van der Waals surface area contributed by atoms with E-state index in [1.165, 1.54) is 11.1 Å². The molecule has 134 valence electrons. The van der Waals surface area contributed by atoms with E-state index >= 15 is 0 Å². The van der Waals surface area contributed by atoms with Crippen molar-refractivity contribution >= 4 is 17.5 Å². The van der Waals surface area contributed by atoms with Crippen molar-refractivity contribution in [3.63, 3.8) is 0 Å². The number of methoxy groups -OCH3 is 1. The van der Waals surface area contributed by atoms with E-state index < -0.39 is 0 Å². The van der Waals surface area contributed by atoms with Gasteiger partial charge in [-0.2, -0.15) is 4.98 Å². The normalized spacial score (nSPS) is 10.5. The zero-order chi connectivity index (χ0) is 18.5. The average molecular weight is 348 g/mol. The SMILES string of the molecule is COc1ccc(CNc2nc(C)cc(Nc3cc(C)ccc3C)n2)cc1. The van der Waals surface area contributed by atoms with Gasteiger partial charge in [-0.25, -0.2) is 4.98 Å². The molecule has 5 heteroatoms. The Morgan fingerprint density at radius 3 is 2.42 bits per heavy atom. The molecule has 0 saturated heterocycles. The zero-order valence-corrected chi connectivity index (χ0v) is 15.6. The fourth-order valence-corrected chi connectivity index (χ4v) is 2.64. The summed E-state index contributed by atoms with van der Waals surface area (Å²) in [4.78, 5) is 9.07. The van der Waals surface area contributed by atoms with Crippen LogP contribution < -0.4 is 15.4 Å². The summed E-state index contributed by atoms with van der Waals surface area (Å²) in [5.74, 6) is 2.23. The second-order valence-electron chi connectivity index (χ2n) is 6.36. The molecule has 0 aliphatic carbocycles. The average Bonchev–Trinajstić information content (AvgIpc) is 2.63. The highest BCUT2D eigenvalue weighted by Gasteiger charge is 2.05. The Hall–Kier alpha value is -3.08. The largest absolute Gasteiger partial charge is 0.497 e. The first-order valence-corrected chi connectivity index (χ1v) is 8.60. The minimum atomic E-state index is 0.605. The van der Waals surface area contributed by atoms with Gasteiger partial charge in [0.1, 0.15) is 11.6 Å². The van der Waals surface area contributed by atoms with Crippen molar-refractivity contribution in [1.82, 2.24) is 9.97 Å². The molecule has 0 spiro atoms. The Morgan fingerprint density at radius 2 is 1.69 bits per heavy atom. The molecule has 1 heterocycles. The second kappa shape index (κ2) is 7.87. The molecule has 1 aromatic heterocycles. The summed E-state index contributed by atoms with van der Waals surface area (Å²) in [7, 11) is 1.66. The van der Waals surface area contributed by atoms with E-state index in [4.69, 9.17) is 4.74 Å². The molecule has 0 aliphatic rings. The van der Waals surface area contributed by atoms with E-state index in [0.29, 0.717) is 12.5 Å². The van der Waals surface area contributed by atoms with Gasteiger partial charge in [-0.05, 0) is 55.7 Å². The van der Waals surface area contributed by atoms with Crippen molar-refractivity contribution in [3.05, 3.63) is 70.9 Å². The van der Waals surface area contributed by atoms with Gasteiger partial charge >= 0.3 is 0 Å². The maximum Gasteiger partial charge on any atom is 0.225 e. The Bertz CT molecular complexity index is 891. The van der Waals surface area contributed by atoms with Gasteiger partial charge in [-0.1, -0.05) is 24.3 Å². The van der Waals surface area contributed by atoms with Gasteiger partial charge in [0, 0.05) is 24.0 Å². The predicted octanol–water partition coefficient (Wildman–Crippen LogP) is 4.77. The van der Waals surface area contributed by atoms with E-state index in [-0.39, 0.29) is 0 Å². The topological polar surface area (TPSA) is 59.1 Å². The number of aryl methyl sites for hydroxylation is 3. The third-order valence-corrected chi connectivity index (χ3v) is 4.12. The third-order valence-electron chi connectivity index (χ3n) is 4.12. The third kappa shape index (κ3) is 4.51. The molecule has 0 bridgehead atoms. The number of aromatic nitrogens is 2. The summed E-state index contributed by atoms with van der Waals surface area (Å²) in [5.41, 5.74) is 5.50. The lowest BCUT2D eigenvalue weighted by molar-refractivity contribution is 0.414. The summed E-state index contributed by atoms with van der Waals surface area (Å²) in [6.45, 7) is 6.78. The zero-order valence-electron chi connectivity index (χ0n) is 15.6. The van der Waals surface area contributed by atoms with Crippen LogP contribution in [0.15, 0.2) is 48.5 Å². The van der Waals surface area contributed by atoms with Gasteiger partial charge in [-0.3, -0.25) is 0 Å². The number of benzene rings is 2. The van der Waals surface area contributed by atoms with Crippen LogP contribution in [0.25, 0.3) is 0 Å². The van der Waals surface area contributed by atoms with Crippen molar-refractivity contribution in [1.29, 1.82) is 0 Å². The number of nitrogens with zero attached hydrogens (tertiary/aromatic N) is 2. The lowest BCUT2D eigenvalue weighted by Gasteiger charge is -2.12. The molecular weight excluding hydrogens is 324 g/mol. The fourth-order valence-electron chi connectivity index (χ4n) is 2.64. The van der Waals surface area contributed by atoms with E-state index in [2.05, 4.69) is 52.6 Å². The first-order valence-electron chi connectivity index (χ1n) is 8.60. The Balaban J connectivity index is 1.73. The van der Waals surface area contributed by atoms with Gasteiger partial charge in [0.25, 0.3) is 0 Å². The number of anilines is 3. The van der Waals surface area contributed by atoms with Crippen LogP contribution >= 0.6 is 0 Å². The van der Waals surface area contributed by atoms with Crippen LogP contribution in [0.5, 0.6) is 5.75 Å². The molecule has 0 saturated carbocycles. The molecule has 5 nitrogen and oxygen atoms in total. The Labute approximate surface area is 154 Å². The Morgan fingerprint density at radius 1 is 0.923 bits per heavy atom. The van der Waals surface area contributed by atoms with E-state index in [1.807, 2.05) is 37.3 Å². The molecule has 26 heavy (non-hydrogen) atoms. The molecule has 3 rings (SSSR count). The highest BCUT2D eigenvalue weighted by molar-refractivity contribution is 5.62. The number of ether oxygens (including phenoxy) is 1. The predicted molar refractivity (Wildman–Crippen MR) is 106 cm³/mol. The van der Waals surface area contributed by atoms with E-state index in [9.17, 15) is 0 Å². The number of rotatable bonds is 6. The van der Waals surface area contributed by atoms with Gasteiger partial charge < -0.3 is 15.4 Å². The summed E-state index contributed by atoms with van der Waals surface area (Å²) >= 11 is 0. The van der Waals surface area contributed by atoms with Crippen LogP contribution in [0, 0.1) is 20.8 Å². The summed E-state index contributed by atoms with van der Waals surface area (Å²) in [6.07, 6.45) is 0. The minimum absolute atomic E-state index is 0.605.